The van der Waals surface area contributed by atoms with Crippen molar-refractivity contribution >= 4 is 0 Å². The molecule has 0 aromatic heterocycles. The van der Waals surface area contributed by atoms with Crippen LogP contribution in [0.3, 0.4) is 0 Å². The second-order valence-electron chi connectivity index (χ2n) is 7.05. The van der Waals surface area contributed by atoms with Crippen LogP contribution in [0.2, 0.25) is 0 Å². The molecule has 0 heteroatoms. The molecule has 0 rings (SSSR count). The lowest BCUT2D eigenvalue weighted by Gasteiger charge is -2.38. The van der Waals surface area contributed by atoms with E-state index in [-0.39, 0.29) is 0 Å². The predicted molar refractivity (Wildman–Crippen MR) is 143 cm³/mol. The van der Waals surface area contributed by atoms with E-state index in [2.05, 4.69) is 88.3 Å². The molecule has 0 N–H and O–H groups in total. The number of hydrogen-bond acceptors (Lipinski definition) is 0. The topological polar surface area (TPSA) is 0 Å². The van der Waals surface area contributed by atoms with E-state index in [1.807, 2.05) is 31.2 Å². The first-order chi connectivity index (χ1) is 14.9. The van der Waals surface area contributed by atoms with E-state index < -0.39 is 5.41 Å². The lowest BCUT2D eigenvalue weighted by Crippen LogP contribution is -2.27. The van der Waals surface area contributed by atoms with Gasteiger partial charge in [-0.25, -0.2) is 0 Å². The molecule has 0 fully saturated rings. The first-order valence-electron chi connectivity index (χ1n) is 10.6. The summed E-state index contributed by atoms with van der Waals surface area (Å²) in [4.78, 5) is 0. The van der Waals surface area contributed by atoms with E-state index in [0.717, 1.165) is 48.0 Å². The van der Waals surface area contributed by atoms with E-state index in [1.165, 1.54) is 0 Å². The van der Waals surface area contributed by atoms with Crippen molar-refractivity contribution in [3.63, 3.8) is 0 Å². The molecular weight excluding hydrogens is 372 g/mol. The van der Waals surface area contributed by atoms with Crippen molar-refractivity contribution in [3.8, 4) is 11.8 Å². The maximum atomic E-state index is 4.33. The summed E-state index contributed by atoms with van der Waals surface area (Å²) in [5, 5.41) is 0. The maximum Gasteiger partial charge on any atom is 0.0650 e. The molecule has 0 aromatic carbocycles. The zero-order valence-corrected chi connectivity index (χ0v) is 19.3. The van der Waals surface area contributed by atoms with Crippen LogP contribution < -0.4 is 0 Å². The highest BCUT2D eigenvalue weighted by Crippen LogP contribution is 2.49. The SMILES string of the molecule is C=CCCC/C=C\C=C/C/C=C\C(=C)C(C(=C)C=C)(C(=C)C=C)C(=C)CC#C/C=C\C. The van der Waals surface area contributed by atoms with Crippen LogP contribution in [-0.2, 0) is 0 Å². The van der Waals surface area contributed by atoms with Crippen molar-refractivity contribution in [2.24, 2.45) is 5.41 Å². The van der Waals surface area contributed by atoms with Gasteiger partial charge in [0, 0.05) is 6.42 Å². The van der Waals surface area contributed by atoms with Crippen molar-refractivity contribution in [1.82, 2.24) is 0 Å². The van der Waals surface area contributed by atoms with Gasteiger partial charge in [-0.3, -0.25) is 0 Å². The van der Waals surface area contributed by atoms with Crippen molar-refractivity contribution in [3.05, 3.63) is 135 Å². The van der Waals surface area contributed by atoms with Crippen molar-refractivity contribution in [1.29, 1.82) is 0 Å². The fourth-order valence-electron chi connectivity index (χ4n) is 3.16. The highest BCUT2D eigenvalue weighted by atomic mass is 14.4. The minimum Gasteiger partial charge on any atom is -0.103 e. The molecule has 31 heavy (non-hydrogen) atoms. The van der Waals surface area contributed by atoms with Crippen molar-refractivity contribution in [2.45, 2.75) is 39.0 Å². The Morgan fingerprint density at radius 2 is 1.48 bits per heavy atom. The molecular formula is C31H38. The minimum atomic E-state index is -0.751. The lowest BCUT2D eigenvalue weighted by atomic mass is 9.64. The van der Waals surface area contributed by atoms with E-state index in [9.17, 15) is 0 Å². The average Bonchev–Trinajstić information content (AvgIpc) is 2.77. The third kappa shape index (κ3) is 8.93. The van der Waals surface area contributed by atoms with Crippen LogP contribution in [0.15, 0.2) is 135 Å². The predicted octanol–water partition coefficient (Wildman–Crippen LogP) is 8.95. The van der Waals surface area contributed by atoms with Gasteiger partial charge in [0.15, 0.2) is 0 Å². The Bertz CT molecular complexity index is 829. The summed E-state index contributed by atoms with van der Waals surface area (Å²) in [5.74, 6) is 6.14. The first-order valence-corrected chi connectivity index (χ1v) is 10.6. The quantitative estimate of drug-likeness (QED) is 0.109. The fourth-order valence-corrected chi connectivity index (χ4v) is 3.16. The molecule has 0 heterocycles. The summed E-state index contributed by atoms with van der Waals surface area (Å²) in [5.41, 5.74) is 2.46. The van der Waals surface area contributed by atoms with E-state index in [4.69, 9.17) is 0 Å². The van der Waals surface area contributed by atoms with Gasteiger partial charge in [0.25, 0.3) is 0 Å². The number of hydrogen-bond donors (Lipinski definition) is 0. The van der Waals surface area contributed by atoms with Gasteiger partial charge in [0.2, 0.25) is 0 Å². The van der Waals surface area contributed by atoms with Gasteiger partial charge in [0.05, 0.1) is 5.41 Å². The lowest BCUT2D eigenvalue weighted by molar-refractivity contribution is 0.649. The third-order valence-corrected chi connectivity index (χ3v) is 4.88. The summed E-state index contributed by atoms with van der Waals surface area (Å²) in [6, 6.07) is 0. The van der Waals surface area contributed by atoms with E-state index in [0.29, 0.717) is 6.42 Å². The van der Waals surface area contributed by atoms with Gasteiger partial charge in [-0.05, 0) is 61.0 Å². The van der Waals surface area contributed by atoms with Gasteiger partial charge in [-0.2, -0.15) is 0 Å². The first kappa shape index (κ1) is 27.7. The molecule has 0 unspecified atom stereocenters. The van der Waals surface area contributed by atoms with Gasteiger partial charge in [-0.15, -0.1) is 6.58 Å². The number of allylic oxidation sites excluding steroid dienone is 15. The molecule has 0 aliphatic heterocycles. The smallest absolute Gasteiger partial charge is 0.0650 e. The average molecular weight is 411 g/mol. The Morgan fingerprint density at radius 3 is 2.06 bits per heavy atom. The second kappa shape index (κ2) is 16.5. The molecule has 0 aromatic rings. The Kier molecular flexibility index (Phi) is 14.7. The van der Waals surface area contributed by atoms with Gasteiger partial charge in [0.1, 0.15) is 0 Å². The summed E-state index contributed by atoms with van der Waals surface area (Å²) in [7, 11) is 0. The number of unbranched alkanes of at least 4 members (excludes halogenated alkanes) is 2. The minimum absolute atomic E-state index is 0.494. The van der Waals surface area contributed by atoms with Crippen LogP contribution in [-0.4, -0.2) is 0 Å². The Hall–Kier alpha value is -3.30. The fraction of sp³-hybridized carbons (Fsp3) is 0.226. The molecule has 0 bridgehead atoms. The Labute approximate surface area is 191 Å². The zero-order valence-electron chi connectivity index (χ0n) is 19.3. The molecule has 0 aliphatic rings. The van der Waals surface area contributed by atoms with Crippen LogP contribution in [0, 0.1) is 17.3 Å². The molecule has 0 radical (unpaired) electrons. The molecule has 0 atom stereocenters. The largest absolute Gasteiger partial charge is 0.103 e. The highest BCUT2D eigenvalue weighted by molar-refractivity contribution is 5.57. The molecule has 0 saturated heterocycles. The number of rotatable bonds is 15. The summed E-state index contributed by atoms with van der Waals surface area (Å²) in [6.07, 6.45) is 26.2. The van der Waals surface area contributed by atoms with E-state index >= 15 is 0 Å². The summed E-state index contributed by atoms with van der Waals surface area (Å²) in [6.45, 7) is 30.6. The zero-order chi connectivity index (χ0) is 23.5. The molecule has 0 amide bonds. The summed E-state index contributed by atoms with van der Waals surface area (Å²) >= 11 is 0. The van der Waals surface area contributed by atoms with Crippen LogP contribution in [0.25, 0.3) is 0 Å². The van der Waals surface area contributed by atoms with Gasteiger partial charge in [-0.1, -0.05) is 112 Å². The van der Waals surface area contributed by atoms with Crippen molar-refractivity contribution in [2.75, 3.05) is 0 Å². The normalized spacial score (nSPS) is 11.5. The van der Waals surface area contributed by atoms with Crippen molar-refractivity contribution < 1.29 is 0 Å². The van der Waals surface area contributed by atoms with Crippen LogP contribution >= 0.6 is 0 Å². The molecule has 0 nitrogen and oxygen atoms in total. The maximum absolute atomic E-state index is 4.33. The van der Waals surface area contributed by atoms with Gasteiger partial charge >= 0.3 is 0 Å². The van der Waals surface area contributed by atoms with Crippen LogP contribution in [0.1, 0.15) is 39.0 Å². The Balaban J connectivity index is 5.52. The second-order valence-corrected chi connectivity index (χ2v) is 7.05. The molecule has 162 valence electrons. The summed E-state index contributed by atoms with van der Waals surface area (Å²) < 4.78 is 0. The van der Waals surface area contributed by atoms with Crippen LogP contribution in [0.5, 0.6) is 0 Å². The van der Waals surface area contributed by atoms with E-state index in [1.54, 1.807) is 12.2 Å². The van der Waals surface area contributed by atoms with Crippen LogP contribution in [0.4, 0.5) is 0 Å². The molecule has 0 aliphatic carbocycles. The third-order valence-electron chi connectivity index (χ3n) is 4.88. The highest BCUT2D eigenvalue weighted by Gasteiger charge is 2.38. The molecule has 0 spiro atoms. The monoisotopic (exact) mass is 410 g/mol. The standard InChI is InChI=1S/C31H38/c1-9-13-15-17-18-19-20-21-22-24-26-30(8)31(27(5)11-3,28(6)12-4)29(7)25-23-16-14-10-2/h9-12,14,18-21,24,26H,1,3-8,13,15,17,22,25H2,2H3/b14-10-,19-18-,21-20-,26-24-. The Morgan fingerprint density at radius 1 is 0.839 bits per heavy atom. The molecule has 0 saturated carbocycles. The van der Waals surface area contributed by atoms with Gasteiger partial charge < -0.3 is 0 Å².